The van der Waals surface area contributed by atoms with Gasteiger partial charge in [0.1, 0.15) is 5.69 Å². The van der Waals surface area contributed by atoms with Crippen LogP contribution in [0.15, 0.2) is 51.5 Å². The van der Waals surface area contributed by atoms with Gasteiger partial charge in [0.15, 0.2) is 0 Å². The molecule has 0 radical (unpaired) electrons. The van der Waals surface area contributed by atoms with Gasteiger partial charge >= 0.3 is 0 Å². The van der Waals surface area contributed by atoms with E-state index < -0.39 is 0 Å². The summed E-state index contributed by atoms with van der Waals surface area (Å²) in [4.78, 5) is 13.9. The van der Waals surface area contributed by atoms with E-state index >= 15 is 0 Å². The summed E-state index contributed by atoms with van der Waals surface area (Å²) in [6, 6.07) is 8.00. The molecular weight excluding hydrogens is 496 g/mol. The molecule has 4 aliphatic rings. The Kier molecular flexibility index (Phi) is 6.05. The highest BCUT2D eigenvalue weighted by atomic mass is 79.9. The van der Waals surface area contributed by atoms with E-state index in [1.807, 2.05) is 18.2 Å². The van der Waals surface area contributed by atoms with E-state index in [9.17, 15) is 0 Å². The van der Waals surface area contributed by atoms with Gasteiger partial charge in [-0.15, -0.1) is 10.2 Å². The van der Waals surface area contributed by atoms with E-state index in [0.29, 0.717) is 35.9 Å². The van der Waals surface area contributed by atoms with Crippen molar-refractivity contribution in [2.75, 3.05) is 42.6 Å². The number of halogens is 1. The molecule has 0 aliphatic carbocycles. The van der Waals surface area contributed by atoms with Crippen LogP contribution in [0.2, 0.25) is 0 Å². The van der Waals surface area contributed by atoms with E-state index in [-0.39, 0.29) is 6.10 Å². The standard InChI is InChI=1S/C25H27BrN6O2/c26-18-5-6-20-22(15-18)31-12-8-19(9-13-31)33-14-2-4-17-3-1-11-32(16-17)25-27-10-7-21(28-25)24-30-29-23(20)34-24/h2,4-7,10,15,17,19H,1,3,8-9,11-14,16H2/b4-2+. The zero-order valence-corrected chi connectivity index (χ0v) is 20.5. The second-order valence-electron chi connectivity index (χ2n) is 9.11. The van der Waals surface area contributed by atoms with Crippen molar-refractivity contribution in [3.63, 3.8) is 0 Å². The van der Waals surface area contributed by atoms with Crippen molar-refractivity contribution in [1.82, 2.24) is 20.2 Å². The average Bonchev–Trinajstić information content (AvgIpc) is 3.37. The fourth-order valence-electron chi connectivity index (χ4n) is 5.05. The summed E-state index contributed by atoms with van der Waals surface area (Å²) in [6.07, 6.45) is 10.8. The van der Waals surface area contributed by atoms with E-state index in [0.717, 1.165) is 61.2 Å². The van der Waals surface area contributed by atoms with E-state index in [2.05, 4.69) is 59.1 Å². The van der Waals surface area contributed by atoms with Gasteiger partial charge in [-0.05, 0) is 55.9 Å². The highest BCUT2D eigenvalue weighted by molar-refractivity contribution is 9.10. The third-order valence-electron chi connectivity index (χ3n) is 6.84. The number of ether oxygens (including phenoxy) is 1. The molecule has 8 bridgehead atoms. The lowest BCUT2D eigenvalue weighted by molar-refractivity contribution is 0.0560. The lowest BCUT2D eigenvalue weighted by Crippen LogP contribution is -2.37. The molecule has 7 rings (SSSR count). The van der Waals surface area contributed by atoms with E-state index in [1.54, 1.807) is 6.20 Å². The Morgan fingerprint density at radius 3 is 2.76 bits per heavy atom. The Bertz CT molecular complexity index is 1190. The first-order chi connectivity index (χ1) is 16.7. The van der Waals surface area contributed by atoms with E-state index in [1.165, 1.54) is 6.42 Å². The Labute approximate surface area is 207 Å². The predicted octanol–water partition coefficient (Wildman–Crippen LogP) is 4.73. The number of fused-ring (bicyclic) bond motifs is 4. The Morgan fingerprint density at radius 2 is 1.85 bits per heavy atom. The largest absolute Gasteiger partial charge is 0.415 e. The van der Waals surface area contributed by atoms with Crippen LogP contribution in [0.4, 0.5) is 11.6 Å². The highest BCUT2D eigenvalue weighted by Gasteiger charge is 2.25. The van der Waals surface area contributed by atoms with Gasteiger partial charge in [-0.25, -0.2) is 9.97 Å². The molecule has 0 saturated carbocycles. The summed E-state index contributed by atoms with van der Waals surface area (Å²) in [5.74, 6) is 2.08. The maximum Gasteiger partial charge on any atom is 0.266 e. The number of piperidine rings is 2. The lowest BCUT2D eigenvalue weighted by Gasteiger charge is -2.34. The molecule has 4 aliphatic heterocycles. The fraction of sp³-hybridized carbons (Fsp3) is 0.440. The minimum absolute atomic E-state index is 0.284. The first-order valence-corrected chi connectivity index (χ1v) is 12.8. The predicted molar refractivity (Wildman–Crippen MR) is 134 cm³/mol. The van der Waals surface area contributed by atoms with Gasteiger partial charge in [0, 0.05) is 36.8 Å². The molecule has 1 unspecified atom stereocenters. The maximum absolute atomic E-state index is 6.20. The van der Waals surface area contributed by atoms with Crippen LogP contribution < -0.4 is 9.80 Å². The van der Waals surface area contributed by atoms with Gasteiger partial charge in [-0.1, -0.05) is 28.1 Å². The Balaban J connectivity index is 1.39. The third kappa shape index (κ3) is 4.46. The SMILES string of the molecule is Brc1ccc2c(c1)N1CCC(CC1)OC/C=C/C1CCCN(C1)c1nccc(n1)-c1nnc-2o1. The number of nitrogens with zero attached hydrogens (tertiary/aromatic N) is 6. The molecule has 3 aromatic rings. The van der Waals surface area contributed by atoms with Crippen molar-refractivity contribution < 1.29 is 9.15 Å². The van der Waals surface area contributed by atoms with Crippen LogP contribution in [-0.4, -0.2) is 59.1 Å². The topological polar surface area (TPSA) is 80.4 Å². The molecule has 176 valence electrons. The first kappa shape index (κ1) is 21.7. The van der Waals surface area contributed by atoms with Crippen LogP contribution >= 0.6 is 15.9 Å². The average molecular weight is 523 g/mol. The van der Waals surface area contributed by atoms with Gasteiger partial charge in [0.2, 0.25) is 11.8 Å². The molecule has 0 amide bonds. The zero-order valence-electron chi connectivity index (χ0n) is 18.9. The number of hydrogen-bond donors (Lipinski definition) is 0. The molecule has 8 nitrogen and oxygen atoms in total. The molecular formula is C25H27BrN6O2. The van der Waals surface area contributed by atoms with Crippen LogP contribution in [0, 0.1) is 5.92 Å². The van der Waals surface area contributed by atoms with Crippen molar-refractivity contribution in [3.05, 3.63) is 47.1 Å². The number of anilines is 2. The van der Waals surface area contributed by atoms with Gasteiger partial charge in [-0.2, -0.15) is 0 Å². The number of rotatable bonds is 0. The van der Waals surface area contributed by atoms with E-state index in [4.69, 9.17) is 14.1 Å². The summed E-state index contributed by atoms with van der Waals surface area (Å²) in [7, 11) is 0. The Hall–Kier alpha value is -2.78. The van der Waals surface area contributed by atoms with Crippen molar-refractivity contribution in [3.8, 4) is 23.0 Å². The molecule has 0 spiro atoms. The van der Waals surface area contributed by atoms with Crippen LogP contribution in [0.5, 0.6) is 0 Å². The molecule has 34 heavy (non-hydrogen) atoms. The van der Waals surface area contributed by atoms with Gasteiger partial charge < -0.3 is 19.0 Å². The zero-order chi connectivity index (χ0) is 22.9. The molecule has 9 heteroatoms. The number of aromatic nitrogens is 4. The monoisotopic (exact) mass is 522 g/mol. The normalized spacial score (nSPS) is 23.6. The van der Waals surface area contributed by atoms with Crippen molar-refractivity contribution >= 4 is 27.6 Å². The molecule has 2 fully saturated rings. The van der Waals surface area contributed by atoms with Crippen molar-refractivity contribution in [2.24, 2.45) is 5.92 Å². The minimum Gasteiger partial charge on any atom is -0.415 e. The molecule has 2 aromatic heterocycles. The van der Waals surface area contributed by atoms with Gasteiger partial charge in [0.05, 0.1) is 24.0 Å². The summed E-state index contributed by atoms with van der Waals surface area (Å²) in [5.41, 5.74) is 2.66. The van der Waals surface area contributed by atoms with Crippen LogP contribution in [0.3, 0.4) is 0 Å². The first-order valence-electron chi connectivity index (χ1n) is 12.0. The second-order valence-corrected chi connectivity index (χ2v) is 10.0. The number of benzene rings is 1. The minimum atomic E-state index is 0.284. The molecule has 1 atom stereocenters. The smallest absolute Gasteiger partial charge is 0.266 e. The fourth-order valence-corrected chi connectivity index (χ4v) is 5.40. The third-order valence-corrected chi connectivity index (χ3v) is 7.33. The summed E-state index contributed by atoms with van der Waals surface area (Å²) >= 11 is 3.63. The quantitative estimate of drug-likeness (QED) is 0.392. The van der Waals surface area contributed by atoms with Crippen LogP contribution in [-0.2, 0) is 4.74 Å². The summed E-state index contributed by atoms with van der Waals surface area (Å²) in [5, 5.41) is 8.73. The molecule has 1 aromatic carbocycles. The Morgan fingerprint density at radius 1 is 0.971 bits per heavy atom. The maximum atomic E-state index is 6.20. The molecule has 2 saturated heterocycles. The number of hydrogen-bond acceptors (Lipinski definition) is 8. The summed E-state index contributed by atoms with van der Waals surface area (Å²) < 4.78 is 13.4. The lowest BCUT2D eigenvalue weighted by atomic mass is 9.98. The van der Waals surface area contributed by atoms with Crippen LogP contribution in [0.1, 0.15) is 25.7 Å². The molecule has 6 heterocycles. The van der Waals surface area contributed by atoms with Crippen molar-refractivity contribution in [1.29, 1.82) is 0 Å². The van der Waals surface area contributed by atoms with Crippen LogP contribution in [0.25, 0.3) is 23.0 Å². The highest BCUT2D eigenvalue weighted by Crippen LogP contribution is 2.36. The summed E-state index contributed by atoms with van der Waals surface area (Å²) in [6.45, 7) is 4.35. The van der Waals surface area contributed by atoms with Gasteiger partial charge in [0.25, 0.3) is 5.89 Å². The second kappa shape index (κ2) is 9.46. The molecule has 0 N–H and O–H groups in total. The van der Waals surface area contributed by atoms with Gasteiger partial charge in [-0.3, -0.25) is 0 Å². The van der Waals surface area contributed by atoms with Crippen molar-refractivity contribution in [2.45, 2.75) is 31.8 Å².